The molecule has 0 saturated carbocycles. The highest BCUT2D eigenvalue weighted by molar-refractivity contribution is 7.11. The molecule has 1 heterocycles. The van der Waals surface area contributed by atoms with Crippen molar-refractivity contribution in [1.29, 1.82) is 0 Å². The molecule has 0 aliphatic carbocycles. The van der Waals surface area contributed by atoms with Crippen molar-refractivity contribution in [3.8, 4) is 0 Å². The number of hydrogen-bond acceptors (Lipinski definition) is 3. The van der Waals surface area contributed by atoms with Gasteiger partial charge >= 0.3 is 0 Å². The first kappa shape index (κ1) is 13.7. The molecular weight excluding hydrogens is 216 g/mol. The number of nitrogens with zero attached hydrogens (tertiary/aromatic N) is 1. The molecule has 0 aliphatic rings. The second kappa shape index (κ2) is 7.02. The molecule has 1 atom stereocenters. The molecule has 1 aromatic rings. The van der Waals surface area contributed by atoms with Gasteiger partial charge in [-0.05, 0) is 26.2 Å². The van der Waals surface area contributed by atoms with Crippen molar-refractivity contribution in [1.82, 2.24) is 10.3 Å². The van der Waals surface area contributed by atoms with Crippen molar-refractivity contribution >= 4 is 11.3 Å². The van der Waals surface area contributed by atoms with Gasteiger partial charge in [-0.15, -0.1) is 11.3 Å². The maximum Gasteiger partial charge on any atom is 0.0897 e. The van der Waals surface area contributed by atoms with Crippen molar-refractivity contribution in [2.75, 3.05) is 0 Å². The van der Waals surface area contributed by atoms with E-state index in [0.717, 1.165) is 17.5 Å². The van der Waals surface area contributed by atoms with E-state index in [4.69, 9.17) is 0 Å². The van der Waals surface area contributed by atoms with Gasteiger partial charge in [-0.1, -0.05) is 26.7 Å². The van der Waals surface area contributed by atoms with E-state index in [1.165, 1.54) is 24.1 Å². The Labute approximate surface area is 103 Å². The van der Waals surface area contributed by atoms with Crippen LogP contribution in [0.1, 0.15) is 49.9 Å². The molecule has 0 saturated heterocycles. The van der Waals surface area contributed by atoms with Gasteiger partial charge in [0.1, 0.15) is 0 Å². The Morgan fingerprint density at radius 1 is 1.31 bits per heavy atom. The van der Waals surface area contributed by atoms with Crippen molar-refractivity contribution in [3.63, 3.8) is 0 Å². The average molecular weight is 240 g/mol. The van der Waals surface area contributed by atoms with Crippen LogP contribution in [0.25, 0.3) is 0 Å². The molecule has 2 nitrogen and oxygen atoms in total. The molecule has 92 valence electrons. The summed E-state index contributed by atoms with van der Waals surface area (Å²) in [4.78, 5) is 5.60. The van der Waals surface area contributed by atoms with Crippen LogP contribution in [-0.2, 0) is 6.54 Å². The van der Waals surface area contributed by atoms with Gasteiger partial charge in [-0.2, -0.15) is 0 Å². The Balaban J connectivity index is 2.12. The molecule has 0 spiro atoms. The minimum Gasteiger partial charge on any atom is -0.309 e. The number of nitrogens with one attached hydrogen (secondary N) is 1. The molecule has 0 amide bonds. The summed E-state index contributed by atoms with van der Waals surface area (Å²) in [6.07, 6.45) is 5.92. The van der Waals surface area contributed by atoms with E-state index in [2.05, 4.69) is 38.0 Å². The molecule has 0 radical (unpaired) electrons. The third-order valence-electron chi connectivity index (χ3n) is 2.71. The minimum atomic E-state index is 0.612. The normalized spacial score (nSPS) is 13.3. The number of aryl methyl sites for hydroxylation is 1. The Hall–Kier alpha value is -0.410. The summed E-state index contributed by atoms with van der Waals surface area (Å²) in [5.41, 5.74) is 0. The van der Waals surface area contributed by atoms with Crippen molar-refractivity contribution in [2.24, 2.45) is 5.92 Å². The lowest BCUT2D eigenvalue weighted by Crippen LogP contribution is -2.25. The van der Waals surface area contributed by atoms with Gasteiger partial charge in [0.2, 0.25) is 0 Å². The first-order valence-electron chi connectivity index (χ1n) is 6.22. The van der Waals surface area contributed by atoms with Gasteiger partial charge in [-0.3, -0.25) is 0 Å². The Bertz CT molecular complexity index is 294. The Morgan fingerprint density at radius 3 is 2.62 bits per heavy atom. The van der Waals surface area contributed by atoms with Crippen LogP contribution in [-0.4, -0.2) is 11.0 Å². The highest BCUT2D eigenvalue weighted by Crippen LogP contribution is 2.12. The summed E-state index contributed by atoms with van der Waals surface area (Å²) in [5.74, 6) is 0.830. The molecule has 0 aromatic carbocycles. The summed E-state index contributed by atoms with van der Waals surface area (Å²) in [6.45, 7) is 9.87. The van der Waals surface area contributed by atoms with Crippen LogP contribution in [0.2, 0.25) is 0 Å². The lowest BCUT2D eigenvalue weighted by atomic mass is 10.0. The number of hydrogen-bond donors (Lipinski definition) is 1. The largest absolute Gasteiger partial charge is 0.309 e. The third kappa shape index (κ3) is 5.61. The van der Waals surface area contributed by atoms with Gasteiger partial charge in [0, 0.05) is 23.7 Å². The molecule has 16 heavy (non-hydrogen) atoms. The number of rotatable bonds is 7. The quantitative estimate of drug-likeness (QED) is 0.785. The molecule has 1 aromatic heterocycles. The van der Waals surface area contributed by atoms with Crippen LogP contribution in [0.3, 0.4) is 0 Å². The van der Waals surface area contributed by atoms with Crippen molar-refractivity contribution < 1.29 is 0 Å². The first-order valence-corrected chi connectivity index (χ1v) is 7.04. The van der Waals surface area contributed by atoms with E-state index in [1.807, 2.05) is 6.20 Å². The standard InChI is InChI=1S/C13H24N2S/c1-10(2)6-5-7-11(3)14-8-13-9-15-12(4)16-13/h9-11,14H,5-8H2,1-4H3. The van der Waals surface area contributed by atoms with Crippen LogP contribution >= 0.6 is 11.3 Å². The molecule has 1 unspecified atom stereocenters. The summed E-state index contributed by atoms with van der Waals surface area (Å²) in [6, 6.07) is 0.612. The molecule has 0 fully saturated rings. The van der Waals surface area contributed by atoms with Crippen LogP contribution in [0.5, 0.6) is 0 Å². The second-order valence-corrected chi connectivity index (χ2v) is 6.27. The van der Waals surface area contributed by atoms with Crippen LogP contribution in [0.4, 0.5) is 0 Å². The Morgan fingerprint density at radius 2 is 2.06 bits per heavy atom. The molecule has 3 heteroatoms. The van der Waals surface area contributed by atoms with Gasteiger partial charge in [-0.25, -0.2) is 4.98 Å². The fourth-order valence-electron chi connectivity index (χ4n) is 1.70. The SMILES string of the molecule is Cc1ncc(CNC(C)CCCC(C)C)s1. The predicted octanol–water partition coefficient (Wildman–Crippen LogP) is 3.76. The first-order chi connectivity index (χ1) is 7.58. The zero-order valence-corrected chi connectivity index (χ0v) is 11.7. The summed E-state index contributed by atoms with van der Waals surface area (Å²) >= 11 is 1.78. The fourth-order valence-corrected chi connectivity index (χ4v) is 2.44. The van der Waals surface area contributed by atoms with Crippen molar-refractivity contribution in [2.45, 2.75) is 59.5 Å². The summed E-state index contributed by atoms with van der Waals surface area (Å²) in [7, 11) is 0. The van der Waals surface area contributed by atoms with Gasteiger partial charge in [0.25, 0.3) is 0 Å². The molecule has 0 bridgehead atoms. The third-order valence-corrected chi connectivity index (χ3v) is 3.63. The van der Waals surface area contributed by atoms with Crippen LogP contribution < -0.4 is 5.32 Å². The average Bonchev–Trinajstić information content (AvgIpc) is 2.61. The van der Waals surface area contributed by atoms with Gasteiger partial charge < -0.3 is 5.32 Å². The topological polar surface area (TPSA) is 24.9 Å². The van der Waals surface area contributed by atoms with E-state index < -0.39 is 0 Å². The fraction of sp³-hybridized carbons (Fsp3) is 0.769. The van der Waals surface area contributed by atoms with Gasteiger partial charge in [0.05, 0.1) is 5.01 Å². The monoisotopic (exact) mass is 240 g/mol. The van der Waals surface area contributed by atoms with E-state index in [-0.39, 0.29) is 0 Å². The lowest BCUT2D eigenvalue weighted by molar-refractivity contribution is 0.458. The van der Waals surface area contributed by atoms with E-state index in [1.54, 1.807) is 11.3 Å². The molecule has 1 N–H and O–H groups in total. The smallest absolute Gasteiger partial charge is 0.0897 e. The van der Waals surface area contributed by atoms with E-state index in [9.17, 15) is 0 Å². The highest BCUT2D eigenvalue weighted by atomic mass is 32.1. The molecular formula is C13H24N2S. The minimum absolute atomic E-state index is 0.612. The predicted molar refractivity (Wildman–Crippen MR) is 71.8 cm³/mol. The number of aromatic nitrogens is 1. The van der Waals surface area contributed by atoms with Gasteiger partial charge in [0.15, 0.2) is 0 Å². The molecule has 0 aliphatic heterocycles. The maximum absolute atomic E-state index is 4.26. The second-order valence-electron chi connectivity index (χ2n) is 4.95. The van der Waals surface area contributed by atoms with Crippen LogP contribution in [0.15, 0.2) is 6.20 Å². The maximum atomic E-state index is 4.26. The highest BCUT2D eigenvalue weighted by Gasteiger charge is 2.04. The summed E-state index contributed by atoms with van der Waals surface area (Å²) in [5, 5.41) is 4.71. The lowest BCUT2D eigenvalue weighted by Gasteiger charge is -2.13. The van der Waals surface area contributed by atoms with E-state index >= 15 is 0 Å². The molecule has 1 rings (SSSR count). The zero-order chi connectivity index (χ0) is 12.0. The number of thiazole rings is 1. The van der Waals surface area contributed by atoms with Crippen LogP contribution in [0, 0.1) is 12.8 Å². The zero-order valence-electron chi connectivity index (χ0n) is 10.9. The Kier molecular flexibility index (Phi) is 5.99. The summed E-state index contributed by atoms with van der Waals surface area (Å²) < 4.78 is 0. The van der Waals surface area contributed by atoms with Crippen molar-refractivity contribution in [3.05, 3.63) is 16.1 Å². The van der Waals surface area contributed by atoms with E-state index in [0.29, 0.717) is 6.04 Å².